The molecule has 4 aromatic carbocycles. The predicted octanol–water partition coefficient (Wildman–Crippen LogP) is 6.88. The second-order valence-corrected chi connectivity index (χ2v) is 10.6. The van der Waals surface area contributed by atoms with Crippen LogP contribution in [-0.2, 0) is 10.0 Å². The van der Waals surface area contributed by atoms with E-state index in [0.29, 0.717) is 22.1 Å². The Morgan fingerprint density at radius 3 is 1.97 bits per heavy atom. The van der Waals surface area contributed by atoms with E-state index < -0.39 is 16.1 Å². The third-order valence-electron chi connectivity index (χ3n) is 5.89. The van der Waals surface area contributed by atoms with Crippen molar-refractivity contribution in [2.24, 2.45) is 4.99 Å². The van der Waals surface area contributed by atoms with Crippen molar-refractivity contribution in [2.45, 2.75) is 17.9 Å². The van der Waals surface area contributed by atoms with E-state index >= 15 is 0 Å². The van der Waals surface area contributed by atoms with Crippen molar-refractivity contribution < 1.29 is 8.42 Å². The summed E-state index contributed by atoms with van der Waals surface area (Å²) in [5.74, 6) is 0.345. The molecule has 1 aliphatic heterocycles. The first-order valence-electron chi connectivity index (χ1n) is 11.2. The normalized spacial score (nSPS) is 15.9. The zero-order valence-electron chi connectivity index (χ0n) is 19.0. The Labute approximate surface area is 210 Å². The number of rotatable bonds is 5. The molecule has 0 bridgehead atoms. The van der Waals surface area contributed by atoms with Gasteiger partial charge in [0.2, 0.25) is 0 Å². The van der Waals surface area contributed by atoms with Gasteiger partial charge in [0.25, 0.3) is 10.0 Å². The number of sulfonamides is 1. The van der Waals surface area contributed by atoms with Gasteiger partial charge < -0.3 is 0 Å². The van der Waals surface area contributed by atoms with Crippen molar-refractivity contribution >= 4 is 33.2 Å². The van der Waals surface area contributed by atoms with Crippen LogP contribution in [0.25, 0.3) is 5.70 Å². The number of hydrogen-bond donors (Lipinski definition) is 0. The first kappa shape index (κ1) is 23.1. The highest BCUT2D eigenvalue weighted by atomic mass is 35.5. The third-order valence-corrected chi connectivity index (χ3v) is 7.93. The zero-order valence-corrected chi connectivity index (χ0v) is 20.6. The van der Waals surface area contributed by atoms with E-state index in [-0.39, 0.29) is 4.90 Å². The second-order valence-electron chi connectivity index (χ2n) is 8.33. The lowest BCUT2D eigenvalue weighted by Gasteiger charge is -2.35. The van der Waals surface area contributed by atoms with Crippen LogP contribution in [0.4, 0.5) is 0 Å². The molecule has 4 nitrogen and oxygen atoms in total. The van der Waals surface area contributed by atoms with Crippen LogP contribution in [0.1, 0.15) is 28.3 Å². The minimum atomic E-state index is -3.96. The molecule has 5 rings (SSSR count). The van der Waals surface area contributed by atoms with Crippen LogP contribution in [0.15, 0.2) is 125 Å². The maximum atomic E-state index is 14.2. The van der Waals surface area contributed by atoms with Gasteiger partial charge in [-0.1, -0.05) is 90.0 Å². The molecule has 0 fully saturated rings. The summed E-state index contributed by atoms with van der Waals surface area (Å²) in [5, 5.41) is 0.566. The number of aryl methyl sites for hydroxylation is 1. The monoisotopic (exact) mass is 498 g/mol. The molecule has 0 radical (unpaired) electrons. The Morgan fingerprint density at radius 1 is 0.743 bits per heavy atom. The van der Waals surface area contributed by atoms with Crippen molar-refractivity contribution in [3.8, 4) is 0 Å². The first-order valence-corrected chi connectivity index (χ1v) is 13.0. The van der Waals surface area contributed by atoms with Gasteiger partial charge >= 0.3 is 0 Å². The smallest absolute Gasteiger partial charge is 0.238 e. The van der Waals surface area contributed by atoms with Gasteiger partial charge in [0, 0.05) is 10.6 Å². The molecule has 174 valence electrons. The standard InChI is InChI=1S/C29H23ClN2O2S/c1-21-12-18-26(19-13-21)35(33,34)32-28(23-10-6-3-7-11-23)20-27(22-8-4-2-5-9-22)31-29(32)24-14-16-25(30)17-15-24/h2-20,28H,1H3. The maximum absolute atomic E-state index is 14.2. The summed E-state index contributed by atoms with van der Waals surface area (Å²) in [5.41, 5.74) is 4.11. The molecular weight excluding hydrogens is 476 g/mol. The lowest BCUT2D eigenvalue weighted by atomic mass is 10.0. The number of halogens is 1. The molecule has 0 saturated heterocycles. The summed E-state index contributed by atoms with van der Waals surface area (Å²) < 4.78 is 29.8. The van der Waals surface area contributed by atoms with Crippen LogP contribution >= 0.6 is 11.6 Å². The van der Waals surface area contributed by atoms with Gasteiger partial charge in [0.05, 0.1) is 16.6 Å². The average molecular weight is 499 g/mol. The fourth-order valence-corrected chi connectivity index (χ4v) is 5.77. The van der Waals surface area contributed by atoms with Crippen molar-refractivity contribution in [3.05, 3.63) is 143 Å². The maximum Gasteiger partial charge on any atom is 0.266 e. The van der Waals surface area contributed by atoms with Crippen LogP contribution < -0.4 is 0 Å². The van der Waals surface area contributed by atoms with E-state index in [1.807, 2.05) is 73.7 Å². The SMILES string of the molecule is Cc1ccc(S(=O)(=O)N2C(c3ccc(Cl)cc3)=NC(c3ccccc3)=CC2c2ccccc2)cc1. The highest BCUT2D eigenvalue weighted by molar-refractivity contribution is 7.89. The lowest BCUT2D eigenvalue weighted by Crippen LogP contribution is -2.41. The molecule has 0 N–H and O–H groups in total. The lowest BCUT2D eigenvalue weighted by molar-refractivity contribution is 0.483. The van der Waals surface area contributed by atoms with Gasteiger partial charge in [0.15, 0.2) is 5.84 Å². The van der Waals surface area contributed by atoms with Crippen LogP contribution in [0.3, 0.4) is 0 Å². The minimum Gasteiger partial charge on any atom is -0.238 e. The van der Waals surface area contributed by atoms with E-state index in [4.69, 9.17) is 16.6 Å². The van der Waals surface area contributed by atoms with Crippen molar-refractivity contribution in [2.75, 3.05) is 0 Å². The molecule has 0 aromatic heterocycles. The number of aliphatic imine (C=N–C) groups is 1. The van der Waals surface area contributed by atoms with Gasteiger partial charge in [-0.3, -0.25) is 0 Å². The first-order chi connectivity index (χ1) is 16.9. The van der Waals surface area contributed by atoms with E-state index in [2.05, 4.69) is 0 Å². The van der Waals surface area contributed by atoms with Crippen LogP contribution in [0.5, 0.6) is 0 Å². The molecule has 1 atom stereocenters. The van der Waals surface area contributed by atoms with Crippen LogP contribution in [0, 0.1) is 6.92 Å². The minimum absolute atomic E-state index is 0.210. The Kier molecular flexibility index (Phi) is 6.29. The largest absolute Gasteiger partial charge is 0.266 e. The molecule has 0 aliphatic carbocycles. The Balaban J connectivity index is 1.76. The Morgan fingerprint density at radius 2 is 1.34 bits per heavy atom. The zero-order chi connectivity index (χ0) is 24.4. The second kappa shape index (κ2) is 9.53. The van der Waals surface area contributed by atoms with Crippen LogP contribution in [-0.4, -0.2) is 18.6 Å². The van der Waals surface area contributed by atoms with Gasteiger partial charge in [-0.05, 0) is 60.5 Å². The number of hydrogen-bond acceptors (Lipinski definition) is 3. The number of amidine groups is 1. The summed E-state index contributed by atoms with van der Waals surface area (Å²) >= 11 is 6.15. The average Bonchev–Trinajstić information content (AvgIpc) is 2.89. The fourth-order valence-electron chi connectivity index (χ4n) is 4.08. The molecule has 0 amide bonds. The number of benzene rings is 4. The molecule has 6 heteroatoms. The topological polar surface area (TPSA) is 49.7 Å². The summed E-state index contributed by atoms with van der Waals surface area (Å²) in [6.07, 6.45) is 1.91. The third kappa shape index (κ3) is 4.65. The number of nitrogens with zero attached hydrogens (tertiary/aromatic N) is 2. The van der Waals surface area contributed by atoms with E-state index in [9.17, 15) is 8.42 Å². The van der Waals surface area contributed by atoms with Crippen molar-refractivity contribution in [1.82, 2.24) is 4.31 Å². The summed E-state index contributed by atoms with van der Waals surface area (Å²) in [4.78, 5) is 5.11. The molecule has 0 spiro atoms. The summed E-state index contributed by atoms with van der Waals surface area (Å²) in [6.45, 7) is 1.93. The van der Waals surface area contributed by atoms with Gasteiger partial charge in [-0.2, -0.15) is 0 Å². The van der Waals surface area contributed by atoms with E-state index in [0.717, 1.165) is 16.7 Å². The molecule has 35 heavy (non-hydrogen) atoms. The molecule has 1 unspecified atom stereocenters. The molecule has 1 aliphatic rings. The molecule has 0 saturated carbocycles. The van der Waals surface area contributed by atoms with Crippen LogP contribution in [0.2, 0.25) is 5.02 Å². The van der Waals surface area contributed by atoms with Crippen molar-refractivity contribution in [3.63, 3.8) is 0 Å². The van der Waals surface area contributed by atoms with Gasteiger partial charge in [0.1, 0.15) is 0 Å². The highest BCUT2D eigenvalue weighted by Gasteiger charge is 2.37. The predicted molar refractivity (Wildman–Crippen MR) is 142 cm³/mol. The molecule has 4 aromatic rings. The van der Waals surface area contributed by atoms with Gasteiger partial charge in [-0.25, -0.2) is 17.7 Å². The molecule has 1 heterocycles. The Hall–Kier alpha value is -3.67. The quantitative estimate of drug-likeness (QED) is 0.301. The Bertz CT molecular complexity index is 1500. The fraction of sp³-hybridized carbons (Fsp3) is 0.0690. The highest BCUT2D eigenvalue weighted by Crippen LogP contribution is 2.38. The van der Waals surface area contributed by atoms with Gasteiger partial charge in [-0.15, -0.1) is 0 Å². The van der Waals surface area contributed by atoms with Crippen molar-refractivity contribution in [1.29, 1.82) is 0 Å². The summed E-state index contributed by atoms with van der Waals surface area (Å²) in [7, 11) is -3.96. The molecular formula is C29H23ClN2O2S. The summed E-state index contributed by atoms with van der Waals surface area (Å²) in [6, 6.07) is 32.8. The van der Waals surface area contributed by atoms with E-state index in [1.165, 1.54) is 4.31 Å². The van der Waals surface area contributed by atoms with E-state index in [1.54, 1.807) is 48.5 Å².